The molecule has 2 N–H and O–H groups in total. The van der Waals surface area contributed by atoms with Crippen LogP contribution in [0.1, 0.15) is 45.3 Å². The van der Waals surface area contributed by atoms with E-state index in [0.29, 0.717) is 0 Å². The molecule has 0 aliphatic heterocycles. The zero-order valence-corrected chi connectivity index (χ0v) is 12.2. The second kappa shape index (κ2) is 5.26. The average Bonchev–Trinajstić information content (AvgIpc) is 2.81. The summed E-state index contributed by atoms with van der Waals surface area (Å²) in [6, 6.07) is 2.78. The van der Waals surface area contributed by atoms with Crippen molar-refractivity contribution >= 4 is 10.0 Å². The van der Waals surface area contributed by atoms with Crippen LogP contribution in [0.3, 0.4) is 0 Å². The van der Waals surface area contributed by atoms with Crippen LogP contribution in [-0.4, -0.2) is 19.6 Å². The first-order chi connectivity index (χ1) is 8.85. The highest BCUT2D eigenvalue weighted by Gasteiger charge is 2.36. The van der Waals surface area contributed by atoms with Gasteiger partial charge in [-0.15, -0.1) is 0 Å². The third-order valence-electron chi connectivity index (χ3n) is 3.86. The Bertz CT molecular complexity index is 533. The van der Waals surface area contributed by atoms with Gasteiger partial charge in [0.25, 0.3) is 10.0 Å². The summed E-state index contributed by atoms with van der Waals surface area (Å²) in [6.45, 7) is 3.87. The average molecular weight is 287 g/mol. The standard InChI is InChI=1S/C13H21NO4S/c1-13(2)8-4-3-5-11(13)14-19(16,17)12-7-6-10(9-15)18-12/h6-7,11,14-15H,3-5,8-9H2,1-2H3. The molecule has 0 aromatic carbocycles. The number of aliphatic hydroxyl groups excluding tert-OH is 1. The van der Waals surface area contributed by atoms with Gasteiger partial charge in [-0.25, -0.2) is 13.1 Å². The second-order valence-corrected chi connectivity index (χ2v) is 7.43. The van der Waals surface area contributed by atoms with Crippen LogP contribution < -0.4 is 4.72 Å². The van der Waals surface area contributed by atoms with Crippen molar-refractivity contribution < 1.29 is 17.9 Å². The number of furan rings is 1. The zero-order valence-electron chi connectivity index (χ0n) is 11.3. The van der Waals surface area contributed by atoms with Crippen molar-refractivity contribution in [1.82, 2.24) is 4.72 Å². The molecule has 1 aromatic rings. The quantitative estimate of drug-likeness (QED) is 0.888. The topological polar surface area (TPSA) is 79.5 Å². The summed E-state index contributed by atoms with van der Waals surface area (Å²) in [5.41, 5.74) is -0.0439. The third kappa shape index (κ3) is 3.19. The van der Waals surface area contributed by atoms with Gasteiger partial charge in [0.15, 0.2) is 0 Å². The van der Waals surface area contributed by atoms with Crippen molar-refractivity contribution in [2.75, 3.05) is 0 Å². The maximum absolute atomic E-state index is 12.2. The lowest BCUT2D eigenvalue weighted by atomic mass is 9.74. The van der Waals surface area contributed by atoms with E-state index in [1.807, 2.05) is 0 Å². The first-order valence-electron chi connectivity index (χ1n) is 6.57. The largest absolute Gasteiger partial charge is 0.446 e. The smallest absolute Gasteiger partial charge is 0.274 e. The van der Waals surface area contributed by atoms with E-state index in [0.717, 1.165) is 25.7 Å². The molecule has 0 saturated heterocycles. The van der Waals surface area contributed by atoms with E-state index >= 15 is 0 Å². The molecule has 108 valence electrons. The molecule has 1 saturated carbocycles. The number of hydrogen-bond donors (Lipinski definition) is 2. The first kappa shape index (κ1) is 14.6. The maximum atomic E-state index is 12.2. The summed E-state index contributed by atoms with van der Waals surface area (Å²) in [6.07, 6.45) is 4.04. The maximum Gasteiger partial charge on any atom is 0.274 e. The minimum absolute atomic E-state index is 0.0439. The number of rotatable bonds is 4. The van der Waals surface area contributed by atoms with Crippen molar-refractivity contribution in [3.8, 4) is 0 Å². The van der Waals surface area contributed by atoms with E-state index in [1.165, 1.54) is 12.1 Å². The molecule has 19 heavy (non-hydrogen) atoms. The van der Waals surface area contributed by atoms with Crippen LogP contribution in [0.15, 0.2) is 21.6 Å². The van der Waals surface area contributed by atoms with Crippen molar-refractivity contribution in [3.63, 3.8) is 0 Å². The molecule has 5 nitrogen and oxygen atoms in total. The molecule has 1 unspecified atom stereocenters. The highest BCUT2D eigenvalue weighted by Crippen LogP contribution is 2.36. The van der Waals surface area contributed by atoms with Crippen molar-refractivity contribution in [3.05, 3.63) is 17.9 Å². The summed E-state index contributed by atoms with van der Waals surface area (Å²) in [5.74, 6) is 0.253. The molecule has 1 aliphatic carbocycles. The van der Waals surface area contributed by atoms with Gasteiger partial charge in [0, 0.05) is 6.04 Å². The van der Waals surface area contributed by atoms with E-state index in [1.54, 1.807) is 0 Å². The summed E-state index contributed by atoms with van der Waals surface area (Å²) in [7, 11) is -3.65. The lowest BCUT2D eigenvalue weighted by Gasteiger charge is -2.38. The summed E-state index contributed by atoms with van der Waals surface area (Å²) in [4.78, 5) is 0. The van der Waals surface area contributed by atoms with Crippen molar-refractivity contribution in [2.45, 2.75) is 57.3 Å². The molecule has 1 aromatic heterocycles. The Morgan fingerprint density at radius 3 is 2.74 bits per heavy atom. The minimum Gasteiger partial charge on any atom is -0.446 e. The molecule has 1 atom stereocenters. The predicted molar refractivity (Wildman–Crippen MR) is 71.0 cm³/mol. The lowest BCUT2D eigenvalue weighted by Crippen LogP contribution is -2.46. The summed E-state index contributed by atoms with van der Waals surface area (Å²) in [5, 5.41) is 8.79. The summed E-state index contributed by atoms with van der Waals surface area (Å²) >= 11 is 0. The molecule has 0 spiro atoms. The minimum atomic E-state index is -3.65. The van der Waals surface area contributed by atoms with E-state index in [4.69, 9.17) is 9.52 Å². The molecule has 1 heterocycles. The number of aliphatic hydroxyl groups is 1. The molecule has 2 rings (SSSR count). The third-order valence-corrected chi connectivity index (χ3v) is 5.21. The number of nitrogens with one attached hydrogen (secondary N) is 1. The highest BCUT2D eigenvalue weighted by atomic mass is 32.2. The van der Waals surface area contributed by atoms with Crippen LogP contribution in [0.5, 0.6) is 0 Å². The van der Waals surface area contributed by atoms with Gasteiger partial charge in [-0.05, 0) is 30.4 Å². The molecule has 1 fully saturated rings. The van der Waals surface area contributed by atoms with Crippen LogP contribution in [0.25, 0.3) is 0 Å². The second-order valence-electron chi connectivity index (χ2n) is 5.79. The van der Waals surface area contributed by atoms with Gasteiger partial charge in [0.05, 0.1) is 0 Å². The highest BCUT2D eigenvalue weighted by molar-refractivity contribution is 7.89. The van der Waals surface area contributed by atoms with Gasteiger partial charge in [-0.1, -0.05) is 26.7 Å². The SMILES string of the molecule is CC1(C)CCCCC1NS(=O)(=O)c1ccc(CO)o1. The molecule has 1 aliphatic rings. The molecule has 0 radical (unpaired) electrons. The van der Waals surface area contributed by atoms with Gasteiger partial charge in [0.2, 0.25) is 5.09 Å². The Morgan fingerprint density at radius 1 is 1.42 bits per heavy atom. The predicted octanol–water partition coefficient (Wildman–Crippen LogP) is 2.02. The number of sulfonamides is 1. The fourth-order valence-corrected chi connectivity index (χ4v) is 3.94. The van der Waals surface area contributed by atoms with E-state index < -0.39 is 10.0 Å². The zero-order chi connectivity index (χ0) is 14.1. The van der Waals surface area contributed by atoms with Gasteiger partial charge in [-0.3, -0.25) is 0 Å². The Hall–Kier alpha value is -0.850. The van der Waals surface area contributed by atoms with Crippen LogP contribution in [-0.2, 0) is 16.6 Å². The fraction of sp³-hybridized carbons (Fsp3) is 0.692. The lowest BCUT2D eigenvalue weighted by molar-refractivity contribution is 0.187. The van der Waals surface area contributed by atoms with Crippen LogP contribution in [0.2, 0.25) is 0 Å². The first-order valence-corrected chi connectivity index (χ1v) is 8.05. The Labute approximate surface area is 114 Å². The van der Waals surface area contributed by atoms with E-state index in [-0.39, 0.29) is 28.9 Å². The van der Waals surface area contributed by atoms with Crippen LogP contribution in [0.4, 0.5) is 0 Å². The monoisotopic (exact) mass is 287 g/mol. The normalized spacial score (nSPS) is 23.4. The Morgan fingerprint density at radius 2 is 2.16 bits per heavy atom. The Balaban J connectivity index is 2.16. The van der Waals surface area contributed by atoms with Crippen LogP contribution in [0, 0.1) is 5.41 Å². The van der Waals surface area contributed by atoms with Crippen LogP contribution >= 0.6 is 0 Å². The number of hydrogen-bond acceptors (Lipinski definition) is 4. The fourth-order valence-electron chi connectivity index (χ4n) is 2.55. The van der Waals surface area contributed by atoms with E-state index in [9.17, 15) is 8.42 Å². The molecule has 6 heteroatoms. The van der Waals surface area contributed by atoms with Gasteiger partial charge < -0.3 is 9.52 Å². The molecule has 0 bridgehead atoms. The molecule has 0 amide bonds. The summed E-state index contributed by atoms with van der Waals surface area (Å²) < 4.78 is 32.3. The van der Waals surface area contributed by atoms with Gasteiger partial charge in [-0.2, -0.15) is 0 Å². The van der Waals surface area contributed by atoms with Crippen molar-refractivity contribution in [1.29, 1.82) is 0 Å². The Kier molecular flexibility index (Phi) is 4.03. The molecular weight excluding hydrogens is 266 g/mol. The van der Waals surface area contributed by atoms with Gasteiger partial charge in [0.1, 0.15) is 12.4 Å². The van der Waals surface area contributed by atoms with E-state index in [2.05, 4.69) is 18.6 Å². The molecular formula is C13H21NO4S. The van der Waals surface area contributed by atoms with Crippen molar-refractivity contribution in [2.24, 2.45) is 5.41 Å². The van der Waals surface area contributed by atoms with Gasteiger partial charge >= 0.3 is 0 Å².